The molecule has 0 unspecified atom stereocenters. The third-order valence-corrected chi connectivity index (χ3v) is 5.89. The van der Waals surface area contributed by atoms with E-state index in [1.807, 2.05) is 4.90 Å². The number of urea groups is 1. The van der Waals surface area contributed by atoms with Gasteiger partial charge in [0.2, 0.25) is 0 Å². The SMILES string of the molecule is COC[C@]12C[C@H](C)C[C@H](C1)N2C(=O)Nc1cc(-c2ncccn2)c(C)cc1F. The van der Waals surface area contributed by atoms with E-state index in [4.69, 9.17) is 4.74 Å². The Labute approximate surface area is 164 Å². The van der Waals surface area contributed by atoms with Gasteiger partial charge in [-0.3, -0.25) is 0 Å². The summed E-state index contributed by atoms with van der Waals surface area (Å²) in [6, 6.07) is 4.65. The number of hydrogen-bond acceptors (Lipinski definition) is 4. The molecule has 3 atom stereocenters. The molecule has 1 aromatic heterocycles. The van der Waals surface area contributed by atoms with Crippen molar-refractivity contribution in [3.8, 4) is 11.4 Å². The van der Waals surface area contributed by atoms with E-state index in [9.17, 15) is 9.18 Å². The van der Waals surface area contributed by atoms with E-state index in [0.717, 1.165) is 19.3 Å². The molecule has 4 rings (SSSR count). The number of methoxy groups -OCH3 is 1. The number of anilines is 1. The highest BCUT2D eigenvalue weighted by Gasteiger charge is 2.58. The van der Waals surface area contributed by atoms with Gasteiger partial charge in [0.05, 0.1) is 17.8 Å². The van der Waals surface area contributed by atoms with Gasteiger partial charge in [0, 0.05) is 31.1 Å². The Morgan fingerprint density at radius 1 is 1.36 bits per heavy atom. The molecular weight excluding hydrogens is 359 g/mol. The summed E-state index contributed by atoms with van der Waals surface area (Å²) in [5, 5.41) is 2.78. The van der Waals surface area contributed by atoms with E-state index in [-0.39, 0.29) is 23.3 Å². The minimum atomic E-state index is -0.467. The van der Waals surface area contributed by atoms with Crippen LogP contribution >= 0.6 is 0 Å². The summed E-state index contributed by atoms with van der Waals surface area (Å²) in [6.45, 7) is 4.51. The van der Waals surface area contributed by atoms with Crippen LogP contribution in [0, 0.1) is 18.7 Å². The van der Waals surface area contributed by atoms with Gasteiger partial charge < -0.3 is 15.0 Å². The van der Waals surface area contributed by atoms with Crippen LogP contribution in [0.4, 0.5) is 14.9 Å². The van der Waals surface area contributed by atoms with Gasteiger partial charge in [0.25, 0.3) is 0 Å². The number of hydrogen-bond donors (Lipinski definition) is 1. The third-order valence-electron chi connectivity index (χ3n) is 5.89. The summed E-state index contributed by atoms with van der Waals surface area (Å²) in [6.07, 6.45) is 6.10. The summed E-state index contributed by atoms with van der Waals surface area (Å²) in [5.41, 5.74) is 1.27. The van der Waals surface area contributed by atoms with Gasteiger partial charge in [-0.15, -0.1) is 0 Å². The Balaban J connectivity index is 1.60. The number of piperidine rings is 1. The van der Waals surface area contributed by atoms with Crippen molar-refractivity contribution < 1.29 is 13.9 Å². The Morgan fingerprint density at radius 3 is 2.82 bits per heavy atom. The number of nitrogens with one attached hydrogen (secondary N) is 1. The van der Waals surface area contributed by atoms with Crippen LogP contribution in [0.1, 0.15) is 31.7 Å². The summed E-state index contributed by atoms with van der Waals surface area (Å²) in [7, 11) is 1.66. The molecule has 1 aliphatic heterocycles. The Morgan fingerprint density at radius 2 is 2.11 bits per heavy atom. The Hall–Kier alpha value is -2.54. The fraction of sp³-hybridized carbons (Fsp3) is 0.476. The zero-order valence-electron chi connectivity index (χ0n) is 16.4. The highest BCUT2D eigenvalue weighted by molar-refractivity contribution is 5.92. The minimum absolute atomic E-state index is 0.142. The summed E-state index contributed by atoms with van der Waals surface area (Å²) >= 11 is 0. The Bertz CT molecular complexity index is 887. The Kier molecular flexibility index (Phi) is 4.79. The number of carbonyl (C=O) groups is 1. The quantitative estimate of drug-likeness (QED) is 0.865. The molecule has 2 aromatic rings. The molecular formula is C21H25FN4O2. The van der Waals surface area contributed by atoms with Gasteiger partial charge in [0.1, 0.15) is 5.82 Å². The fourth-order valence-electron chi connectivity index (χ4n) is 4.93. The minimum Gasteiger partial charge on any atom is -0.382 e. The molecule has 6 nitrogen and oxygen atoms in total. The summed E-state index contributed by atoms with van der Waals surface area (Å²) in [5.74, 6) is 0.585. The van der Waals surface area contributed by atoms with E-state index in [1.54, 1.807) is 38.6 Å². The van der Waals surface area contributed by atoms with E-state index in [2.05, 4.69) is 22.2 Å². The van der Waals surface area contributed by atoms with Gasteiger partial charge >= 0.3 is 6.03 Å². The third kappa shape index (κ3) is 3.13. The summed E-state index contributed by atoms with van der Waals surface area (Å²) in [4.78, 5) is 23.4. The van der Waals surface area contributed by atoms with Crippen molar-refractivity contribution >= 4 is 11.7 Å². The van der Waals surface area contributed by atoms with Crippen LogP contribution in [0.5, 0.6) is 0 Å². The van der Waals surface area contributed by atoms with Crippen LogP contribution in [-0.4, -0.2) is 46.2 Å². The van der Waals surface area contributed by atoms with Crippen LogP contribution < -0.4 is 5.32 Å². The predicted molar refractivity (Wildman–Crippen MR) is 104 cm³/mol. The average Bonchev–Trinajstić information content (AvgIpc) is 2.64. The van der Waals surface area contributed by atoms with Crippen LogP contribution in [0.2, 0.25) is 0 Å². The van der Waals surface area contributed by atoms with Crippen molar-refractivity contribution in [1.82, 2.24) is 14.9 Å². The van der Waals surface area contributed by atoms with Gasteiger partial charge in [-0.2, -0.15) is 0 Å². The maximum absolute atomic E-state index is 14.6. The van der Waals surface area contributed by atoms with E-state index in [0.29, 0.717) is 29.5 Å². The van der Waals surface area contributed by atoms with Crippen molar-refractivity contribution in [1.29, 1.82) is 0 Å². The zero-order chi connectivity index (χ0) is 19.9. The molecule has 2 bridgehead atoms. The number of benzene rings is 1. The van der Waals surface area contributed by atoms with E-state index in [1.165, 1.54) is 6.07 Å². The number of rotatable bonds is 4. The molecule has 2 amide bonds. The number of amides is 2. The molecule has 1 saturated carbocycles. The van der Waals surface area contributed by atoms with Gasteiger partial charge in [0.15, 0.2) is 5.82 Å². The number of nitrogens with zero attached hydrogens (tertiary/aromatic N) is 3. The standard InChI is InChI=1S/C21H25FN4O2/c1-13-7-15-11-21(10-13,12-28-3)26(15)20(27)25-18-9-16(14(2)8-17(18)22)19-23-5-4-6-24-19/h4-6,8-9,13,15H,7,10-12H2,1-3H3,(H,25,27)/t13-,15-,21+/m1/s1. The first kappa shape index (κ1) is 18.8. The molecule has 7 heteroatoms. The number of aryl methyl sites for hydroxylation is 1. The van der Waals surface area contributed by atoms with Crippen LogP contribution in [0.15, 0.2) is 30.6 Å². The topological polar surface area (TPSA) is 67.3 Å². The molecule has 1 aromatic carbocycles. The lowest BCUT2D eigenvalue weighted by atomic mass is 9.65. The van der Waals surface area contributed by atoms with Crippen molar-refractivity contribution in [3.63, 3.8) is 0 Å². The molecule has 148 valence electrons. The number of ether oxygens (including phenoxy) is 1. The predicted octanol–water partition coefficient (Wildman–Crippen LogP) is 4.01. The second-order valence-corrected chi connectivity index (χ2v) is 8.08. The molecule has 0 radical (unpaired) electrons. The molecule has 28 heavy (non-hydrogen) atoms. The first-order chi connectivity index (χ1) is 13.4. The van der Waals surface area contributed by atoms with Crippen LogP contribution in [0.25, 0.3) is 11.4 Å². The molecule has 2 fully saturated rings. The number of likely N-dealkylation sites (tertiary alicyclic amines) is 1. The second kappa shape index (κ2) is 7.13. The highest BCUT2D eigenvalue weighted by Crippen LogP contribution is 2.50. The van der Waals surface area contributed by atoms with E-state index < -0.39 is 5.82 Å². The zero-order valence-corrected chi connectivity index (χ0v) is 16.4. The lowest BCUT2D eigenvalue weighted by Crippen LogP contribution is -2.74. The molecule has 1 aliphatic carbocycles. The second-order valence-electron chi connectivity index (χ2n) is 8.08. The highest BCUT2D eigenvalue weighted by atomic mass is 19.1. The van der Waals surface area contributed by atoms with Crippen molar-refractivity contribution in [2.45, 2.75) is 44.7 Å². The first-order valence-corrected chi connectivity index (χ1v) is 9.60. The largest absolute Gasteiger partial charge is 0.382 e. The molecule has 0 spiro atoms. The van der Waals surface area contributed by atoms with Gasteiger partial charge in [-0.05, 0) is 55.9 Å². The molecule has 1 saturated heterocycles. The van der Waals surface area contributed by atoms with E-state index >= 15 is 0 Å². The first-order valence-electron chi connectivity index (χ1n) is 9.60. The molecule has 2 heterocycles. The van der Waals surface area contributed by atoms with Crippen LogP contribution in [0.3, 0.4) is 0 Å². The molecule has 2 aliphatic rings. The smallest absolute Gasteiger partial charge is 0.322 e. The summed E-state index contributed by atoms with van der Waals surface area (Å²) < 4.78 is 20.0. The van der Waals surface area contributed by atoms with Crippen LogP contribution in [-0.2, 0) is 4.74 Å². The average molecular weight is 384 g/mol. The number of fused-ring (bicyclic) bond motifs is 2. The molecule has 1 N–H and O–H groups in total. The lowest BCUT2D eigenvalue weighted by Gasteiger charge is -2.63. The van der Waals surface area contributed by atoms with Crippen molar-refractivity contribution in [3.05, 3.63) is 42.0 Å². The monoisotopic (exact) mass is 384 g/mol. The van der Waals surface area contributed by atoms with Crippen molar-refractivity contribution in [2.24, 2.45) is 5.92 Å². The lowest BCUT2D eigenvalue weighted by molar-refractivity contribution is -0.122. The normalized spacial score (nSPS) is 25.9. The fourth-order valence-corrected chi connectivity index (χ4v) is 4.93. The number of aromatic nitrogens is 2. The van der Waals surface area contributed by atoms with Gasteiger partial charge in [-0.25, -0.2) is 19.2 Å². The maximum Gasteiger partial charge on any atom is 0.322 e. The number of halogens is 1. The van der Waals surface area contributed by atoms with Crippen molar-refractivity contribution in [2.75, 3.05) is 19.0 Å². The number of carbonyl (C=O) groups excluding carboxylic acids is 1. The van der Waals surface area contributed by atoms with Gasteiger partial charge in [-0.1, -0.05) is 6.92 Å². The maximum atomic E-state index is 14.6.